The van der Waals surface area contributed by atoms with Crippen LogP contribution in [0.2, 0.25) is 10.0 Å². The van der Waals surface area contributed by atoms with Crippen LogP contribution in [0, 0.1) is 5.82 Å². The fourth-order valence-corrected chi connectivity index (χ4v) is 5.04. The van der Waals surface area contributed by atoms with E-state index >= 15 is 0 Å². The van der Waals surface area contributed by atoms with E-state index < -0.39 is 17.3 Å². The molecule has 3 aromatic carbocycles. The summed E-state index contributed by atoms with van der Waals surface area (Å²) in [6.45, 7) is 0. The molecule has 2 heterocycles. The Balaban J connectivity index is 1.57. The second kappa shape index (κ2) is 10.4. The molecule has 0 bridgehead atoms. The normalized spacial score (nSPS) is 11.0. The van der Waals surface area contributed by atoms with E-state index in [0.717, 1.165) is 0 Å². The monoisotopic (exact) mass is 569 g/mol. The molecule has 0 saturated heterocycles. The van der Waals surface area contributed by atoms with Crippen molar-refractivity contribution in [3.8, 4) is 11.3 Å². The number of para-hydroxylation sites is 1. The lowest BCUT2D eigenvalue weighted by molar-refractivity contribution is 0.0591. The number of hydrogen-bond acceptors (Lipinski definition) is 8. The number of nitrogens with one attached hydrogen (secondary N) is 1. The summed E-state index contributed by atoms with van der Waals surface area (Å²) in [6, 6.07) is 16.9. The van der Waals surface area contributed by atoms with Gasteiger partial charge in [-0.05, 0) is 42.5 Å². The summed E-state index contributed by atoms with van der Waals surface area (Å²) in [5.74, 6) is -1.43. The van der Waals surface area contributed by atoms with Gasteiger partial charge in [0.2, 0.25) is 5.69 Å². The summed E-state index contributed by atoms with van der Waals surface area (Å²) in [6.07, 6.45) is 0. The summed E-state index contributed by atoms with van der Waals surface area (Å²) < 4.78 is 20.1. The van der Waals surface area contributed by atoms with Gasteiger partial charge in [-0.2, -0.15) is 0 Å². The lowest BCUT2D eigenvalue weighted by atomic mass is 10.2. The Labute approximate surface area is 229 Å². The van der Waals surface area contributed by atoms with Gasteiger partial charge in [0, 0.05) is 23.7 Å². The number of nitrogens with zero attached hydrogens (tertiary/aromatic N) is 4. The number of benzene rings is 3. The molecular formula is C26H18Cl2FN5O3S. The van der Waals surface area contributed by atoms with E-state index in [-0.39, 0.29) is 15.7 Å². The SMILES string of the molecule is COC(=O)c1nc2ccc(Nc3nc(-c4cc(F)c(Cl)cc4Cl)cs3)cc2n(N(C)c2ccccc2)c1=O. The van der Waals surface area contributed by atoms with Crippen molar-refractivity contribution in [2.24, 2.45) is 0 Å². The molecule has 2 aromatic heterocycles. The van der Waals surface area contributed by atoms with Crippen molar-refractivity contribution in [2.75, 3.05) is 24.5 Å². The number of anilines is 3. The molecule has 12 heteroatoms. The van der Waals surface area contributed by atoms with E-state index in [1.807, 2.05) is 30.3 Å². The highest BCUT2D eigenvalue weighted by molar-refractivity contribution is 7.14. The van der Waals surface area contributed by atoms with Crippen molar-refractivity contribution in [2.45, 2.75) is 0 Å². The standard InChI is InChI=1S/C26H18Cl2FN5O3S/c1-33(15-6-4-3-5-7-15)34-22-10-14(8-9-20(22)31-23(24(34)35)25(36)37-2)30-26-32-21(13-38-26)16-11-19(29)18(28)12-17(16)27/h3-13H,1-2H3,(H,30,32). The molecule has 0 radical (unpaired) electrons. The van der Waals surface area contributed by atoms with E-state index in [0.29, 0.717) is 38.8 Å². The first-order chi connectivity index (χ1) is 18.3. The van der Waals surface area contributed by atoms with E-state index in [2.05, 4.69) is 15.3 Å². The van der Waals surface area contributed by atoms with Gasteiger partial charge in [0.25, 0.3) is 0 Å². The molecule has 0 spiro atoms. The predicted octanol–water partition coefficient (Wildman–Crippen LogP) is 6.40. The van der Waals surface area contributed by atoms with Crippen LogP contribution in [0.15, 0.2) is 70.8 Å². The van der Waals surface area contributed by atoms with E-state index in [4.69, 9.17) is 27.9 Å². The molecular weight excluding hydrogens is 552 g/mol. The Bertz CT molecular complexity index is 1740. The topological polar surface area (TPSA) is 89.3 Å². The molecule has 5 rings (SSSR count). The first-order valence-corrected chi connectivity index (χ1v) is 12.7. The number of rotatable bonds is 6. The molecule has 0 aliphatic carbocycles. The summed E-state index contributed by atoms with van der Waals surface area (Å²) in [4.78, 5) is 34.5. The van der Waals surface area contributed by atoms with Crippen molar-refractivity contribution in [3.63, 3.8) is 0 Å². The third kappa shape index (κ3) is 4.81. The number of halogens is 3. The van der Waals surface area contributed by atoms with Crippen LogP contribution in [0.1, 0.15) is 10.5 Å². The summed E-state index contributed by atoms with van der Waals surface area (Å²) in [5.41, 5.74) is 2.09. The van der Waals surface area contributed by atoms with Gasteiger partial charge in [-0.3, -0.25) is 9.80 Å². The van der Waals surface area contributed by atoms with Gasteiger partial charge >= 0.3 is 11.5 Å². The molecule has 0 fully saturated rings. The molecule has 5 aromatic rings. The summed E-state index contributed by atoms with van der Waals surface area (Å²) >= 11 is 13.3. The fourth-order valence-electron chi connectivity index (χ4n) is 3.83. The Morgan fingerprint density at radius 3 is 2.58 bits per heavy atom. The minimum Gasteiger partial charge on any atom is -0.464 e. The zero-order chi connectivity index (χ0) is 27.0. The zero-order valence-corrected chi connectivity index (χ0v) is 22.2. The first-order valence-electron chi connectivity index (χ1n) is 11.1. The molecule has 8 nitrogen and oxygen atoms in total. The van der Waals surface area contributed by atoms with Crippen molar-refractivity contribution in [3.05, 3.63) is 98.0 Å². The molecule has 0 amide bonds. The maximum Gasteiger partial charge on any atom is 0.362 e. The maximum atomic E-state index is 14.0. The second-order valence-corrected chi connectivity index (χ2v) is 9.71. The quantitative estimate of drug-likeness (QED) is 0.187. The van der Waals surface area contributed by atoms with E-state index in [1.54, 1.807) is 35.6 Å². The van der Waals surface area contributed by atoms with Gasteiger partial charge in [0.1, 0.15) is 5.82 Å². The molecule has 1 N–H and O–H groups in total. The van der Waals surface area contributed by atoms with Crippen molar-refractivity contribution in [1.29, 1.82) is 0 Å². The summed E-state index contributed by atoms with van der Waals surface area (Å²) in [7, 11) is 2.90. The van der Waals surface area contributed by atoms with Gasteiger partial charge in [-0.1, -0.05) is 41.4 Å². The Hall–Kier alpha value is -3.99. The molecule has 0 unspecified atom stereocenters. The average molecular weight is 570 g/mol. The number of thiazole rings is 1. The number of esters is 1. The Morgan fingerprint density at radius 1 is 1.08 bits per heavy atom. The smallest absolute Gasteiger partial charge is 0.362 e. The van der Waals surface area contributed by atoms with Gasteiger partial charge in [-0.25, -0.2) is 23.8 Å². The lowest BCUT2D eigenvalue weighted by Gasteiger charge is -2.24. The fraction of sp³-hybridized carbons (Fsp3) is 0.0769. The van der Waals surface area contributed by atoms with Crippen LogP contribution in [0.3, 0.4) is 0 Å². The minimum atomic E-state index is -0.832. The molecule has 38 heavy (non-hydrogen) atoms. The van der Waals surface area contributed by atoms with Crippen LogP contribution in [-0.4, -0.2) is 34.8 Å². The number of fused-ring (bicyclic) bond motifs is 1. The Morgan fingerprint density at radius 2 is 1.84 bits per heavy atom. The molecule has 0 atom stereocenters. The van der Waals surface area contributed by atoms with Crippen LogP contribution in [0.25, 0.3) is 22.3 Å². The number of methoxy groups -OCH3 is 1. The van der Waals surface area contributed by atoms with Crippen LogP contribution in [0.4, 0.5) is 20.9 Å². The maximum absolute atomic E-state index is 14.0. The predicted molar refractivity (Wildman–Crippen MR) is 148 cm³/mol. The molecule has 192 valence electrons. The summed E-state index contributed by atoms with van der Waals surface area (Å²) in [5, 5.41) is 7.28. The number of carbonyl (C=O) groups excluding carboxylic acids is 1. The Kier molecular flexibility index (Phi) is 7.02. The highest BCUT2D eigenvalue weighted by Gasteiger charge is 2.21. The second-order valence-electron chi connectivity index (χ2n) is 8.04. The molecule has 0 saturated carbocycles. The van der Waals surface area contributed by atoms with Crippen LogP contribution >= 0.6 is 34.5 Å². The average Bonchev–Trinajstić information content (AvgIpc) is 3.38. The largest absolute Gasteiger partial charge is 0.464 e. The highest BCUT2D eigenvalue weighted by atomic mass is 35.5. The van der Waals surface area contributed by atoms with Crippen LogP contribution < -0.4 is 15.9 Å². The third-order valence-corrected chi connectivity index (χ3v) is 7.04. The van der Waals surface area contributed by atoms with Crippen molar-refractivity contribution in [1.82, 2.24) is 14.6 Å². The number of hydrogen-bond donors (Lipinski definition) is 1. The highest BCUT2D eigenvalue weighted by Crippen LogP contribution is 2.35. The van der Waals surface area contributed by atoms with E-state index in [9.17, 15) is 14.0 Å². The third-order valence-electron chi connectivity index (χ3n) is 5.68. The van der Waals surface area contributed by atoms with Crippen LogP contribution in [-0.2, 0) is 4.74 Å². The lowest BCUT2D eigenvalue weighted by Crippen LogP contribution is -2.39. The van der Waals surface area contributed by atoms with E-state index in [1.165, 1.54) is 35.3 Å². The minimum absolute atomic E-state index is 0.0704. The number of carbonyl (C=O) groups is 1. The van der Waals surface area contributed by atoms with Gasteiger partial charge < -0.3 is 10.1 Å². The van der Waals surface area contributed by atoms with Crippen molar-refractivity contribution >= 4 is 68.0 Å². The zero-order valence-electron chi connectivity index (χ0n) is 19.9. The van der Waals surface area contributed by atoms with Crippen LogP contribution in [0.5, 0.6) is 0 Å². The van der Waals surface area contributed by atoms with Crippen molar-refractivity contribution < 1.29 is 13.9 Å². The first kappa shape index (κ1) is 25.7. The van der Waals surface area contributed by atoms with Gasteiger partial charge in [0.15, 0.2) is 5.13 Å². The van der Waals surface area contributed by atoms with Gasteiger partial charge in [0.05, 0.1) is 39.6 Å². The number of ether oxygens (including phenoxy) is 1. The molecule has 0 aliphatic heterocycles. The molecule has 0 aliphatic rings. The van der Waals surface area contributed by atoms with Gasteiger partial charge in [-0.15, -0.1) is 11.3 Å². The number of aromatic nitrogens is 3.